The van der Waals surface area contributed by atoms with Crippen molar-refractivity contribution in [1.29, 1.82) is 0 Å². The highest BCUT2D eigenvalue weighted by atomic mass is 16.1. The zero-order valence-electron chi connectivity index (χ0n) is 8.51. The molecule has 0 unspecified atom stereocenters. The third-order valence-corrected chi connectivity index (χ3v) is 1.99. The van der Waals surface area contributed by atoms with Crippen molar-refractivity contribution in [3.05, 3.63) is 41.2 Å². The van der Waals surface area contributed by atoms with Gasteiger partial charge in [-0.05, 0) is 18.2 Å². The van der Waals surface area contributed by atoms with Gasteiger partial charge in [0.1, 0.15) is 0 Å². The molecule has 0 aliphatic rings. The van der Waals surface area contributed by atoms with E-state index in [4.69, 9.17) is 0 Å². The molecule has 5 heteroatoms. The van der Waals surface area contributed by atoms with Crippen LogP contribution in [0.1, 0.15) is 21.7 Å². The number of tetrazole rings is 1. The second kappa shape index (κ2) is 3.61. The van der Waals surface area contributed by atoms with E-state index >= 15 is 0 Å². The van der Waals surface area contributed by atoms with Crippen molar-refractivity contribution < 1.29 is 4.79 Å². The largest absolute Gasteiger partial charge is 0.285 e. The van der Waals surface area contributed by atoms with Crippen molar-refractivity contribution in [2.24, 2.45) is 7.05 Å². The van der Waals surface area contributed by atoms with Crippen LogP contribution >= 0.6 is 0 Å². The van der Waals surface area contributed by atoms with E-state index in [0.717, 1.165) is 5.56 Å². The molecular formula is C10H10N4O. The molecule has 0 saturated carbocycles. The summed E-state index contributed by atoms with van der Waals surface area (Å²) in [5.41, 5.74) is 1.62. The SMILES string of the molecule is Cc1cccc(C(=O)c2nnn(C)n2)c1. The minimum absolute atomic E-state index is 0.128. The molecule has 0 fully saturated rings. The van der Waals surface area contributed by atoms with E-state index in [1.54, 1.807) is 19.2 Å². The van der Waals surface area contributed by atoms with E-state index in [0.29, 0.717) is 5.56 Å². The number of ketones is 1. The molecule has 1 aromatic carbocycles. The molecule has 0 aliphatic carbocycles. The summed E-state index contributed by atoms with van der Waals surface area (Å²) in [4.78, 5) is 13.1. The van der Waals surface area contributed by atoms with Gasteiger partial charge in [-0.3, -0.25) is 4.79 Å². The Labute approximate surface area is 86.7 Å². The molecule has 0 amide bonds. The van der Waals surface area contributed by atoms with Crippen molar-refractivity contribution in [3.8, 4) is 0 Å². The minimum Gasteiger partial charge on any atom is -0.285 e. The Bertz CT molecular complexity index is 504. The van der Waals surface area contributed by atoms with Crippen LogP contribution in [0.4, 0.5) is 0 Å². The van der Waals surface area contributed by atoms with E-state index in [9.17, 15) is 4.79 Å². The Morgan fingerprint density at radius 3 is 2.80 bits per heavy atom. The number of carbonyl (C=O) groups excluding carboxylic acids is 1. The molecule has 1 heterocycles. The van der Waals surface area contributed by atoms with Crippen LogP contribution in [0, 0.1) is 6.92 Å². The summed E-state index contributed by atoms with van der Waals surface area (Å²) in [5, 5.41) is 11.2. The van der Waals surface area contributed by atoms with Gasteiger partial charge in [0.05, 0.1) is 7.05 Å². The van der Waals surface area contributed by atoms with Gasteiger partial charge in [0.2, 0.25) is 11.6 Å². The maximum absolute atomic E-state index is 11.8. The topological polar surface area (TPSA) is 60.7 Å². The summed E-state index contributed by atoms with van der Waals surface area (Å²) in [6.07, 6.45) is 0. The van der Waals surface area contributed by atoms with Crippen LogP contribution in [0.3, 0.4) is 0 Å². The van der Waals surface area contributed by atoms with Crippen molar-refractivity contribution in [2.45, 2.75) is 6.92 Å². The molecule has 0 spiro atoms. The lowest BCUT2D eigenvalue weighted by Gasteiger charge is -1.97. The first-order chi connectivity index (χ1) is 7.16. The minimum atomic E-state index is -0.202. The van der Waals surface area contributed by atoms with Crippen molar-refractivity contribution in [3.63, 3.8) is 0 Å². The molecule has 0 saturated heterocycles. The number of hydrogen-bond acceptors (Lipinski definition) is 4. The number of aryl methyl sites for hydroxylation is 2. The molecule has 0 radical (unpaired) electrons. The first-order valence-corrected chi connectivity index (χ1v) is 4.52. The highest BCUT2D eigenvalue weighted by Gasteiger charge is 2.14. The van der Waals surface area contributed by atoms with Gasteiger partial charge in [0.15, 0.2) is 0 Å². The number of carbonyl (C=O) groups is 1. The van der Waals surface area contributed by atoms with Gasteiger partial charge in [0, 0.05) is 5.56 Å². The molecule has 0 N–H and O–H groups in total. The summed E-state index contributed by atoms with van der Waals surface area (Å²) in [7, 11) is 1.63. The van der Waals surface area contributed by atoms with Gasteiger partial charge in [-0.1, -0.05) is 23.8 Å². The van der Waals surface area contributed by atoms with Crippen LogP contribution in [0.25, 0.3) is 0 Å². The van der Waals surface area contributed by atoms with Gasteiger partial charge in [0.25, 0.3) is 0 Å². The number of rotatable bonds is 2. The zero-order valence-corrected chi connectivity index (χ0v) is 8.51. The first-order valence-electron chi connectivity index (χ1n) is 4.52. The molecule has 0 atom stereocenters. The van der Waals surface area contributed by atoms with Crippen molar-refractivity contribution in [1.82, 2.24) is 20.2 Å². The van der Waals surface area contributed by atoms with Crippen molar-refractivity contribution in [2.75, 3.05) is 0 Å². The summed E-state index contributed by atoms with van der Waals surface area (Å²) >= 11 is 0. The monoisotopic (exact) mass is 202 g/mol. The lowest BCUT2D eigenvalue weighted by molar-refractivity contribution is 0.102. The summed E-state index contributed by atoms with van der Waals surface area (Å²) in [5.74, 6) is -0.0742. The standard InChI is InChI=1S/C10H10N4O/c1-7-4-3-5-8(6-7)9(15)10-11-13-14(2)12-10/h3-6H,1-2H3. The molecule has 2 rings (SSSR count). The fraction of sp³-hybridized carbons (Fsp3) is 0.200. The van der Waals surface area contributed by atoms with Gasteiger partial charge in [-0.15, -0.1) is 10.2 Å². The average molecular weight is 202 g/mol. The zero-order chi connectivity index (χ0) is 10.8. The van der Waals surface area contributed by atoms with Crippen LogP contribution in [-0.2, 0) is 7.05 Å². The van der Waals surface area contributed by atoms with Crippen LogP contribution in [-0.4, -0.2) is 26.0 Å². The van der Waals surface area contributed by atoms with Gasteiger partial charge in [-0.2, -0.15) is 4.80 Å². The highest BCUT2D eigenvalue weighted by Crippen LogP contribution is 2.07. The van der Waals surface area contributed by atoms with Crippen LogP contribution in [0.5, 0.6) is 0 Å². The third kappa shape index (κ3) is 1.90. The molecular weight excluding hydrogens is 192 g/mol. The van der Waals surface area contributed by atoms with Crippen LogP contribution in [0.15, 0.2) is 24.3 Å². The highest BCUT2D eigenvalue weighted by molar-refractivity contribution is 6.06. The third-order valence-electron chi connectivity index (χ3n) is 1.99. The molecule has 76 valence electrons. The van der Waals surface area contributed by atoms with E-state index in [1.807, 2.05) is 19.1 Å². The summed E-state index contributed by atoms with van der Waals surface area (Å²) in [6.45, 7) is 1.93. The number of nitrogens with zero attached hydrogens (tertiary/aromatic N) is 4. The Morgan fingerprint density at radius 1 is 1.40 bits per heavy atom. The predicted octanol–water partition coefficient (Wildman–Crippen LogP) is 0.750. The predicted molar refractivity (Wildman–Crippen MR) is 53.4 cm³/mol. The molecule has 0 bridgehead atoms. The summed E-state index contributed by atoms with van der Waals surface area (Å²) in [6, 6.07) is 7.31. The van der Waals surface area contributed by atoms with Gasteiger partial charge >= 0.3 is 0 Å². The number of benzene rings is 1. The molecule has 15 heavy (non-hydrogen) atoms. The Balaban J connectivity index is 2.36. The molecule has 2 aromatic rings. The fourth-order valence-electron chi connectivity index (χ4n) is 1.29. The summed E-state index contributed by atoms with van der Waals surface area (Å²) < 4.78 is 0. The quantitative estimate of drug-likeness (QED) is 0.674. The van der Waals surface area contributed by atoms with Crippen LogP contribution < -0.4 is 0 Å². The first kappa shape index (κ1) is 9.51. The molecule has 0 aliphatic heterocycles. The second-order valence-corrected chi connectivity index (χ2v) is 3.30. The van der Waals surface area contributed by atoms with Gasteiger partial charge in [-0.25, -0.2) is 0 Å². The van der Waals surface area contributed by atoms with E-state index in [-0.39, 0.29) is 11.6 Å². The smallest absolute Gasteiger partial charge is 0.245 e. The number of aromatic nitrogens is 4. The maximum atomic E-state index is 11.8. The lowest BCUT2D eigenvalue weighted by Crippen LogP contribution is -2.04. The normalized spacial score (nSPS) is 10.3. The Morgan fingerprint density at radius 2 is 2.20 bits per heavy atom. The second-order valence-electron chi connectivity index (χ2n) is 3.30. The maximum Gasteiger partial charge on any atom is 0.245 e. The van der Waals surface area contributed by atoms with E-state index < -0.39 is 0 Å². The fourth-order valence-corrected chi connectivity index (χ4v) is 1.29. The Hall–Kier alpha value is -2.04. The average Bonchev–Trinajstić information content (AvgIpc) is 2.64. The Kier molecular flexibility index (Phi) is 2.29. The van der Waals surface area contributed by atoms with Crippen LogP contribution in [0.2, 0.25) is 0 Å². The van der Waals surface area contributed by atoms with E-state index in [2.05, 4.69) is 15.4 Å². The van der Waals surface area contributed by atoms with Gasteiger partial charge < -0.3 is 0 Å². The molecule has 1 aromatic heterocycles. The lowest BCUT2D eigenvalue weighted by atomic mass is 10.1. The molecule has 5 nitrogen and oxygen atoms in total. The number of hydrogen-bond donors (Lipinski definition) is 0. The van der Waals surface area contributed by atoms with Crippen molar-refractivity contribution >= 4 is 5.78 Å². The van der Waals surface area contributed by atoms with E-state index in [1.165, 1.54) is 4.80 Å².